The minimum absolute atomic E-state index is 0.158. The molecule has 0 aliphatic carbocycles. The van der Waals surface area contributed by atoms with Crippen LogP contribution in [0.5, 0.6) is 0 Å². The summed E-state index contributed by atoms with van der Waals surface area (Å²) >= 11 is 5.94. The van der Waals surface area contributed by atoms with Crippen molar-refractivity contribution in [2.75, 3.05) is 0 Å². The summed E-state index contributed by atoms with van der Waals surface area (Å²) in [6.07, 6.45) is 5.08. The van der Waals surface area contributed by atoms with E-state index in [1.807, 2.05) is 18.2 Å². The molecule has 1 nitrogen and oxygen atoms in total. The van der Waals surface area contributed by atoms with Gasteiger partial charge in [-0.3, -0.25) is 0 Å². The van der Waals surface area contributed by atoms with Crippen molar-refractivity contribution in [1.29, 1.82) is 0 Å². The van der Waals surface area contributed by atoms with Crippen LogP contribution in [-0.2, 0) is 11.2 Å². The molecule has 2 heteroatoms. The Morgan fingerprint density at radius 2 is 2.10 bits per heavy atom. The molecule has 108 valence electrons. The van der Waals surface area contributed by atoms with Crippen molar-refractivity contribution in [3.63, 3.8) is 0 Å². The molecular weight excluding hydrogens is 268 g/mol. The molecule has 0 saturated carbocycles. The third-order valence-electron chi connectivity index (χ3n) is 4.24. The van der Waals surface area contributed by atoms with Gasteiger partial charge in [0.25, 0.3) is 0 Å². The molecule has 0 spiro atoms. The van der Waals surface area contributed by atoms with E-state index in [1.54, 1.807) is 0 Å². The van der Waals surface area contributed by atoms with Gasteiger partial charge in [0.05, 0.1) is 11.7 Å². The predicted molar refractivity (Wildman–Crippen MR) is 86.2 cm³/mol. The number of hydrogen-bond donors (Lipinski definition) is 0. The largest absolute Gasteiger partial charge is 0.367 e. The highest BCUT2D eigenvalue weighted by atomic mass is 35.5. The molecule has 20 heavy (non-hydrogen) atoms. The van der Waals surface area contributed by atoms with Crippen molar-refractivity contribution >= 4 is 11.6 Å². The molecule has 0 radical (unpaired) electrons. The van der Waals surface area contributed by atoms with Gasteiger partial charge in [-0.2, -0.15) is 0 Å². The summed E-state index contributed by atoms with van der Waals surface area (Å²) in [7, 11) is 0. The van der Waals surface area contributed by atoms with Crippen LogP contribution in [0.3, 0.4) is 0 Å². The fourth-order valence-electron chi connectivity index (χ4n) is 2.87. The van der Waals surface area contributed by atoms with E-state index in [0.717, 1.165) is 24.3 Å². The number of ether oxygens (including phenoxy) is 1. The highest BCUT2D eigenvalue weighted by Crippen LogP contribution is 2.37. The molecule has 0 N–H and O–H groups in total. The molecule has 1 heterocycles. The van der Waals surface area contributed by atoms with Crippen molar-refractivity contribution < 1.29 is 4.74 Å². The lowest BCUT2D eigenvalue weighted by Gasteiger charge is -2.42. The van der Waals surface area contributed by atoms with Crippen molar-refractivity contribution in [3.05, 3.63) is 59.7 Å². The van der Waals surface area contributed by atoms with E-state index in [1.165, 1.54) is 11.1 Å². The lowest BCUT2D eigenvalue weighted by Crippen LogP contribution is -2.43. The van der Waals surface area contributed by atoms with E-state index in [2.05, 4.69) is 39.1 Å². The molecule has 1 saturated heterocycles. The first-order valence-corrected chi connectivity index (χ1v) is 7.52. The van der Waals surface area contributed by atoms with Gasteiger partial charge < -0.3 is 4.74 Å². The Balaban J connectivity index is 2.17. The van der Waals surface area contributed by atoms with Crippen LogP contribution in [0.4, 0.5) is 0 Å². The van der Waals surface area contributed by atoms with Gasteiger partial charge >= 0.3 is 0 Å². The second-order valence-electron chi connectivity index (χ2n) is 6.00. The number of benzene rings is 1. The first-order chi connectivity index (χ1) is 9.43. The van der Waals surface area contributed by atoms with Crippen LogP contribution in [0.15, 0.2) is 49.1 Å². The van der Waals surface area contributed by atoms with E-state index >= 15 is 0 Å². The fraction of sp³-hybridized carbons (Fsp3) is 0.444. The van der Waals surface area contributed by atoms with Gasteiger partial charge in [0.2, 0.25) is 0 Å². The SMILES string of the molecule is C=C[C@]1(C)CC[C@@H](C(=C)C)[C@H](Cc2ccc(Cl)cc2)O1. The lowest BCUT2D eigenvalue weighted by atomic mass is 9.80. The topological polar surface area (TPSA) is 9.23 Å². The zero-order valence-electron chi connectivity index (χ0n) is 12.4. The maximum atomic E-state index is 6.32. The quantitative estimate of drug-likeness (QED) is 0.693. The van der Waals surface area contributed by atoms with Crippen LogP contribution in [-0.4, -0.2) is 11.7 Å². The normalized spacial score (nSPS) is 29.9. The van der Waals surface area contributed by atoms with Gasteiger partial charge in [-0.1, -0.05) is 42.0 Å². The molecule has 1 aliphatic rings. The molecule has 1 fully saturated rings. The summed E-state index contributed by atoms with van der Waals surface area (Å²) < 4.78 is 6.32. The van der Waals surface area contributed by atoms with Gasteiger partial charge in [0, 0.05) is 10.9 Å². The van der Waals surface area contributed by atoms with Crippen LogP contribution in [0, 0.1) is 5.92 Å². The Hall–Kier alpha value is -1.05. The molecule has 1 aromatic rings. The standard InChI is InChI=1S/C18H23ClO/c1-5-18(4)11-10-16(13(2)3)17(20-18)12-14-6-8-15(19)9-7-14/h5-9,16-17H,1-2,10-12H2,3-4H3/t16-,17-,18+/m0/s1. The van der Waals surface area contributed by atoms with Gasteiger partial charge in [0.1, 0.15) is 0 Å². The molecule has 1 aliphatic heterocycles. The van der Waals surface area contributed by atoms with Crippen LogP contribution >= 0.6 is 11.6 Å². The second kappa shape index (κ2) is 6.15. The van der Waals surface area contributed by atoms with E-state index in [9.17, 15) is 0 Å². The number of halogens is 1. The highest BCUT2D eigenvalue weighted by Gasteiger charge is 2.36. The van der Waals surface area contributed by atoms with Gasteiger partial charge in [-0.05, 0) is 50.8 Å². The van der Waals surface area contributed by atoms with Gasteiger partial charge in [-0.15, -0.1) is 6.58 Å². The van der Waals surface area contributed by atoms with Crippen molar-refractivity contribution in [1.82, 2.24) is 0 Å². The molecular formula is C18H23ClO. The van der Waals surface area contributed by atoms with E-state index in [0.29, 0.717) is 5.92 Å². The van der Waals surface area contributed by atoms with Crippen LogP contribution in [0.25, 0.3) is 0 Å². The third kappa shape index (κ3) is 3.53. The van der Waals surface area contributed by atoms with E-state index in [-0.39, 0.29) is 11.7 Å². The fourth-order valence-corrected chi connectivity index (χ4v) is 2.99. The van der Waals surface area contributed by atoms with Crippen LogP contribution in [0.2, 0.25) is 5.02 Å². The Morgan fingerprint density at radius 1 is 1.45 bits per heavy atom. The van der Waals surface area contributed by atoms with Crippen LogP contribution in [0.1, 0.15) is 32.3 Å². The lowest BCUT2D eigenvalue weighted by molar-refractivity contribution is -0.109. The van der Waals surface area contributed by atoms with E-state index in [4.69, 9.17) is 16.3 Å². The summed E-state index contributed by atoms with van der Waals surface area (Å²) in [5, 5.41) is 0.769. The molecule has 3 atom stereocenters. The second-order valence-corrected chi connectivity index (χ2v) is 6.43. The molecule has 0 bridgehead atoms. The summed E-state index contributed by atoms with van der Waals surface area (Å²) in [5.41, 5.74) is 2.23. The monoisotopic (exact) mass is 290 g/mol. The van der Waals surface area contributed by atoms with Gasteiger partial charge in [0.15, 0.2) is 0 Å². The average Bonchev–Trinajstić information content (AvgIpc) is 2.41. The summed E-state index contributed by atoms with van der Waals surface area (Å²) in [5.74, 6) is 0.415. The maximum absolute atomic E-state index is 6.32. The van der Waals surface area contributed by atoms with Gasteiger partial charge in [-0.25, -0.2) is 0 Å². The molecule has 0 unspecified atom stereocenters. The minimum Gasteiger partial charge on any atom is -0.367 e. The molecule has 0 amide bonds. The van der Waals surface area contributed by atoms with Crippen molar-refractivity contribution in [3.8, 4) is 0 Å². The third-order valence-corrected chi connectivity index (χ3v) is 4.49. The summed E-state index contributed by atoms with van der Waals surface area (Å²) in [6, 6.07) is 8.01. The Kier molecular flexibility index (Phi) is 4.72. The smallest absolute Gasteiger partial charge is 0.0836 e. The number of rotatable bonds is 4. The van der Waals surface area contributed by atoms with E-state index < -0.39 is 0 Å². The maximum Gasteiger partial charge on any atom is 0.0836 e. The highest BCUT2D eigenvalue weighted by molar-refractivity contribution is 6.30. The number of hydrogen-bond acceptors (Lipinski definition) is 1. The van der Waals surface area contributed by atoms with Crippen molar-refractivity contribution in [2.45, 2.75) is 44.8 Å². The molecule has 0 aromatic heterocycles. The summed E-state index contributed by atoms with van der Waals surface area (Å²) in [4.78, 5) is 0. The Bertz CT molecular complexity index is 491. The Labute approximate surface area is 127 Å². The van der Waals surface area contributed by atoms with Crippen LogP contribution < -0.4 is 0 Å². The first-order valence-electron chi connectivity index (χ1n) is 7.15. The van der Waals surface area contributed by atoms with Crippen molar-refractivity contribution in [2.24, 2.45) is 5.92 Å². The average molecular weight is 291 g/mol. The first kappa shape index (κ1) is 15.3. The predicted octanol–water partition coefficient (Wildman–Crippen LogP) is 5.20. The zero-order chi connectivity index (χ0) is 14.8. The Morgan fingerprint density at radius 3 is 2.65 bits per heavy atom. The molecule has 1 aromatic carbocycles. The zero-order valence-corrected chi connectivity index (χ0v) is 13.1. The minimum atomic E-state index is -0.219. The summed E-state index contributed by atoms with van der Waals surface area (Å²) in [6.45, 7) is 12.3. The molecule has 2 rings (SSSR count).